The van der Waals surface area contributed by atoms with Crippen LogP contribution in [0.15, 0.2) is 24.3 Å². The van der Waals surface area contributed by atoms with Crippen LogP contribution in [0, 0.1) is 6.92 Å². The second-order valence-corrected chi connectivity index (χ2v) is 4.11. The molecule has 1 aromatic rings. The Morgan fingerprint density at radius 1 is 1.20 bits per heavy atom. The van der Waals surface area contributed by atoms with Gasteiger partial charge < -0.3 is 10.6 Å². The fourth-order valence-corrected chi connectivity index (χ4v) is 2.06. The summed E-state index contributed by atoms with van der Waals surface area (Å²) in [5, 5.41) is 0. The lowest BCUT2D eigenvalue weighted by Gasteiger charge is -2.33. The molecule has 3 heteroatoms. The van der Waals surface area contributed by atoms with E-state index >= 15 is 0 Å². The summed E-state index contributed by atoms with van der Waals surface area (Å²) in [4.78, 5) is 2.44. The molecule has 1 aliphatic rings. The topological polar surface area (TPSA) is 29.3 Å². The van der Waals surface area contributed by atoms with Gasteiger partial charge >= 0.3 is 0 Å². The molecule has 84 valence electrons. The van der Waals surface area contributed by atoms with Crippen molar-refractivity contribution in [3.63, 3.8) is 0 Å². The molecule has 1 heterocycles. The molecular formula is C12H19ClN2. The van der Waals surface area contributed by atoms with Crippen LogP contribution >= 0.6 is 12.4 Å². The lowest BCUT2D eigenvalue weighted by molar-refractivity contribution is 0.501. The number of rotatable bonds is 1. The van der Waals surface area contributed by atoms with Gasteiger partial charge in [-0.1, -0.05) is 18.2 Å². The summed E-state index contributed by atoms with van der Waals surface area (Å²) in [6, 6.07) is 8.98. The third kappa shape index (κ3) is 2.86. The van der Waals surface area contributed by atoms with Gasteiger partial charge in [-0.15, -0.1) is 12.4 Å². The summed E-state index contributed by atoms with van der Waals surface area (Å²) in [6.07, 6.45) is 2.24. The molecular weight excluding hydrogens is 208 g/mol. The van der Waals surface area contributed by atoms with Crippen molar-refractivity contribution >= 4 is 18.1 Å². The van der Waals surface area contributed by atoms with E-state index < -0.39 is 0 Å². The Balaban J connectivity index is 0.00000112. The third-order valence-corrected chi connectivity index (χ3v) is 3.00. The summed E-state index contributed by atoms with van der Waals surface area (Å²) < 4.78 is 0. The molecule has 2 N–H and O–H groups in total. The van der Waals surface area contributed by atoms with Gasteiger partial charge in [-0.05, 0) is 31.4 Å². The predicted molar refractivity (Wildman–Crippen MR) is 67.8 cm³/mol. The molecule has 0 spiro atoms. The van der Waals surface area contributed by atoms with Gasteiger partial charge in [-0.3, -0.25) is 0 Å². The molecule has 1 saturated heterocycles. The standard InChI is InChI=1S/C12H18N2.ClH/c1-10-4-2-3-5-12(10)14-8-6-11(13)7-9-14;/h2-5,11H,6-9,13H2,1H3;1H. The lowest BCUT2D eigenvalue weighted by atomic mass is 10.0. The molecule has 2 rings (SSSR count). The molecule has 1 aromatic carbocycles. The second kappa shape index (κ2) is 5.38. The number of para-hydroxylation sites is 1. The SMILES string of the molecule is Cc1ccccc1N1CCC(N)CC1.Cl. The summed E-state index contributed by atoms with van der Waals surface area (Å²) >= 11 is 0. The summed E-state index contributed by atoms with van der Waals surface area (Å²) in [5.74, 6) is 0. The highest BCUT2D eigenvalue weighted by molar-refractivity contribution is 5.85. The summed E-state index contributed by atoms with van der Waals surface area (Å²) in [5.41, 5.74) is 8.62. The average Bonchev–Trinajstić information content (AvgIpc) is 2.20. The van der Waals surface area contributed by atoms with Crippen molar-refractivity contribution in [3.05, 3.63) is 29.8 Å². The number of benzene rings is 1. The van der Waals surface area contributed by atoms with Crippen molar-refractivity contribution in [1.29, 1.82) is 0 Å². The molecule has 0 bridgehead atoms. The Hall–Kier alpha value is -0.730. The van der Waals surface area contributed by atoms with Crippen molar-refractivity contribution in [2.24, 2.45) is 5.73 Å². The first kappa shape index (κ1) is 12.3. The number of anilines is 1. The zero-order chi connectivity index (χ0) is 9.97. The van der Waals surface area contributed by atoms with Crippen molar-refractivity contribution in [2.45, 2.75) is 25.8 Å². The Kier molecular flexibility index (Phi) is 4.43. The minimum Gasteiger partial charge on any atom is -0.371 e. The highest BCUT2D eigenvalue weighted by Crippen LogP contribution is 2.22. The quantitative estimate of drug-likeness (QED) is 0.797. The molecule has 1 aliphatic heterocycles. The van der Waals surface area contributed by atoms with Crippen LogP contribution in [0.4, 0.5) is 5.69 Å². The maximum Gasteiger partial charge on any atom is 0.0395 e. The van der Waals surface area contributed by atoms with E-state index in [2.05, 4.69) is 36.1 Å². The van der Waals surface area contributed by atoms with Crippen LogP contribution < -0.4 is 10.6 Å². The number of aryl methyl sites for hydroxylation is 1. The van der Waals surface area contributed by atoms with Gasteiger partial charge in [-0.25, -0.2) is 0 Å². The van der Waals surface area contributed by atoms with Gasteiger partial charge in [0.15, 0.2) is 0 Å². The number of piperidine rings is 1. The van der Waals surface area contributed by atoms with Gasteiger partial charge in [-0.2, -0.15) is 0 Å². The summed E-state index contributed by atoms with van der Waals surface area (Å²) in [7, 11) is 0. The number of nitrogens with zero attached hydrogens (tertiary/aromatic N) is 1. The van der Waals surface area contributed by atoms with Gasteiger partial charge in [0.05, 0.1) is 0 Å². The highest BCUT2D eigenvalue weighted by Gasteiger charge is 2.16. The first-order valence-electron chi connectivity index (χ1n) is 5.33. The smallest absolute Gasteiger partial charge is 0.0395 e. The zero-order valence-corrected chi connectivity index (χ0v) is 9.96. The molecule has 0 aliphatic carbocycles. The maximum atomic E-state index is 5.89. The van der Waals surface area contributed by atoms with E-state index in [1.165, 1.54) is 11.3 Å². The van der Waals surface area contributed by atoms with Crippen molar-refractivity contribution in [3.8, 4) is 0 Å². The number of hydrogen-bond acceptors (Lipinski definition) is 2. The van der Waals surface area contributed by atoms with Gasteiger partial charge in [0, 0.05) is 24.8 Å². The van der Waals surface area contributed by atoms with E-state index in [0.717, 1.165) is 25.9 Å². The number of nitrogens with two attached hydrogens (primary N) is 1. The molecule has 0 radical (unpaired) electrons. The third-order valence-electron chi connectivity index (χ3n) is 3.00. The van der Waals surface area contributed by atoms with E-state index in [4.69, 9.17) is 5.73 Å². The Morgan fingerprint density at radius 2 is 1.80 bits per heavy atom. The fourth-order valence-electron chi connectivity index (χ4n) is 2.06. The van der Waals surface area contributed by atoms with Gasteiger partial charge in [0.25, 0.3) is 0 Å². The van der Waals surface area contributed by atoms with Crippen LogP contribution in [-0.4, -0.2) is 19.1 Å². The maximum absolute atomic E-state index is 5.89. The van der Waals surface area contributed by atoms with Crippen LogP contribution in [-0.2, 0) is 0 Å². The monoisotopic (exact) mass is 226 g/mol. The minimum absolute atomic E-state index is 0. The van der Waals surface area contributed by atoms with Gasteiger partial charge in [0.1, 0.15) is 0 Å². The van der Waals surface area contributed by atoms with Crippen LogP contribution in [0.2, 0.25) is 0 Å². The minimum atomic E-state index is 0. The number of halogens is 1. The molecule has 1 fully saturated rings. The fraction of sp³-hybridized carbons (Fsp3) is 0.500. The first-order chi connectivity index (χ1) is 6.77. The summed E-state index contributed by atoms with van der Waals surface area (Å²) in [6.45, 7) is 4.38. The van der Waals surface area contributed by atoms with Crippen LogP contribution in [0.25, 0.3) is 0 Å². The predicted octanol–water partition coefficient (Wildman–Crippen LogP) is 2.34. The van der Waals surface area contributed by atoms with E-state index in [9.17, 15) is 0 Å². The normalized spacial score (nSPS) is 17.3. The number of hydrogen-bond donors (Lipinski definition) is 1. The van der Waals surface area contributed by atoms with Crippen LogP contribution in [0.3, 0.4) is 0 Å². The molecule has 15 heavy (non-hydrogen) atoms. The van der Waals surface area contributed by atoms with Crippen molar-refractivity contribution < 1.29 is 0 Å². The highest BCUT2D eigenvalue weighted by atomic mass is 35.5. The first-order valence-corrected chi connectivity index (χ1v) is 5.33. The Morgan fingerprint density at radius 3 is 2.40 bits per heavy atom. The average molecular weight is 227 g/mol. The van der Waals surface area contributed by atoms with Crippen molar-refractivity contribution in [1.82, 2.24) is 0 Å². The van der Waals surface area contributed by atoms with Crippen molar-refractivity contribution in [2.75, 3.05) is 18.0 Å². The zero-order valence-electron chi connectivity index (χ0n) is 9.15. The second-order valence-electron chi connectivity index (χ2n) is 4.11. The molecule has 0 saturated carbocycles. The largest absolute Gasteiger partial charge is 0.371 e. The van der Waals surface area contributed by atoms with E-state index in [1.54, 1.807) is 0 Å². The molecule has 0 amide bonds. The van der Waals surface area contributed by atoms with Crippen LogP contribution in [0.1, 0.15) is 18.4 Å². The molecule has 2 nitrogen and oxygen atoms in total. The molecule has 0 aromatic heterocycles. The Bertz CT molecular complexity index is 306. The van der Waals surface area contributed by atoms with E-state index in [-0.39, 0.29) is 12.4 Å². The molecule has 0 atom stereocenters. The van der Waals surface area contributed by atoms with Crippen LogP contribution in [0.5, 0.6) is 0 Å². The van der Waals surface area contributed by atoms with E-state index in [0.29, 0.717) is 6.04 Å². The van der Waals surface area contributed by atoms with Gasteiger partial charge in [0.2, 0.25) is 0 Å². The molecule has 0 unspecified atom stereocenters. The lowest BCUT2D eigenvalue weighted by Crippen LogP contribution is -2.39. The van der Waals surface area contributed by atoms with E-state index in [1.807, 2.05) is 0 Å². The Labute approximate surface area is 97.9 Å².